The summed E-state index contributed by atoms with van der Waals surface area (Å²) in [6.07, 6.45) is 20.5. The van der Waals surface area contributed by atoms with Gasteiger partial charge in [-0.3, -0.25) is 9.69 Å². The van der Waals surface area contributed by atoms with Crippen LogP contribution < -0.4 is 0 Å². The first-order valence-corrected chi connectivity index (χ1v) is 11.4. The summed E-state index contributed by atoms with van der Waals surface area (Å²) in [6.45, 7) is 4.12. The molecular weight excluding hydrogens is 306 g/mol. The predicted octanol–water partition coefficient (Wildman–Crippen LogP) is 6.38. The largest absolute Gasteiger partial charge is 0.298 e. The summed E-state index contributed by atoms with van der Waals surface area (Å²) in [6, 6.07) is 0.864. The van der Waals surface area contributed by atoms with Gasteiger partial charge in [0.05, 0.1) is 6.04 Å². The summed E-state index contributed by atoms with van der Waals surface area (Å²) >= 11 is 0. The number of nitrogens with zero attached hydrogens (tertiary/aromatic N) is 1. The Labute approximate surface area is 157 Å². The topological polar surface area (TPSA) is 20.3 Å². The van der Waals surface area contributed by atoms with Gasteiger partial charge in [-0.1, -0.05) is 84.0 Å². The third kappa shape index (κ3) is 6.08. The van der Waals surface area contributed by atoms with Gasteiger partial charge < -0.3 is 0 Å². The van der Waals surface area contributed by atoms with Gasteiger partial charge in [-0.25, -0.2) is 0 Å². The van der Waals surface area contributed by atoms with Gasteiger partial charge in [0.15, 0.2) is 0 Å². The quantitative estimate of drug-likeness (QED) is 0.474. The van der Waals surface area contributed by atoms with Crippen LogP contribution in [0.1, 0.15) is 110 Å². The lowest BCUT2D eigenvalue weighted by Crippen LogP contribution is -2.39. The van der Waals surface area contributed by atoms with Gasteiger partial charge in [-0.15, -0.1) is 0 Å². The molecule has 0 aromatic rings. The fraction of sp³-hybridized carbons (Fsp3) is 0.957. The highest BCUT2D eigenvalue weighted by atomic mass is 16.1. The number of fused-ring (bicyclic) bond motifs is 1. The van der Waals surface area contributed by atoms with E-state index in [0.717, 1.165) is 5.92 Å². The molecule has 25 heavy (non-hydrogen) atoms. The first-order valence-electron chi connectivity index (χ1n) is 11.4. The van der Waals surface area contributed by atoms with Crippen molar-refractivity contribution in [1.29, 1.82) is 0 Å². The van der Waals surface area contributed by atoms with Crippen molar-refractivity contribution >= 4 is 5.78 Å². The zero-order valence-electron chi connectivity index (χ0n) is 17.3. The minimum Gasteiger partial charge on any atom is -0.298 e. The number of hydrogen-bond donors (Lipinski definition) is 0. The van der Waals surface area contributed by atoms with Crippen LogP contribution in [0, 0.1) is 11.8 Å². The van der Waals surface area contributed by atoms with Gasteiger partial charge in [0.2, 0.25) is 0 Å². The Morgan fingerprint density at radius 1 is 0.880 bits per heavy atom. The maximum absolute atomic E-state index is 12.5. The Morgan fingerprint density at radius 3 is 2.16 bits per heavy atom. The van der Waals surface area contributed by atoms with Gasteiger partial charge in [0.1, 0.15) is 5.78 Å². The number of carbonyl (C=O) groups excluding carboxylic acids is 1. The van der Waals surface area contributed by atoms with Crippen molar-refractivity contribution in [1.82, 2.24) is 4.90 Å². The van der Waals surface area contributed by atoms with Crippen LogP contribution in [-0.2, 0) is 4.79 Å². The Balaban J connectivity index is 1.97. The molecule has 2 fully saturated rings. The smallest absolute Gasteiger partial charge is 0.147 e. The highest BCUT2D eigenvalue weighted by molar-refractivity contribution is 5.82. The SMILES string of the molecule is CCCCCCCCC1C2CCCCCCCCC2N(C)C1C(C)=O. The van der Waals surface area contributed by atoms with Crippen LogP contribution in [0.2, 0.25) is 0 Å². The Morgan fingerprint density at radius 2 is 1.48 bits per heavy atom. The number of carbonyl (C=O) groups is 1. The van der Waals surface area contributed by atoms with Crippen molar-refractivity contribution in [3.05, 3.63) is 0 Å². The van der Waals surface area contributed by atoms with E-state index in [4.69, 9.17) is 0 Å². The minimum absolute atomic E-state index is 0.200. The zero-order valence-corrected chi connectivity index (χ0v) is 17.3. The second kappa shape index (κ2) is 11.4. The number of unbranched alkanes of at least 4 members (excludes halogenated alkanes) is 5. The van der Waals surface area contributed by atoms with Crippen molar-refractivity contribution in [3.8, 4) is 0 Å². The molecule has 2 nitrogen and oxygen atoms in total. The van der Waals surface area contributed by atoms with E-state index in [1.165, 1.54) is 96.3 Å². The molecule has 1 saturated heterocycles. The molecule has 1 aliphatic carbocycles. The fourth-order valence-electron chi connectivity index (χ4n) is 5.72. The number of rotatable bonds is 8. The Hall–Kier alpha value is -0.370. The molecule has 0 amide bonds. The van der Waals surface area contributed by atoms with E-state index in [9.17, 15) is 4.79 Å². The molecule has 0 bridgehead atoms. The summed E-state index contributed by atoms with van der Waals surface area (Å²) in [5, 5.41) is 0. The monoisotopic (exact) mass is 349 g/mol. The molecule has 0 radical (unpaired) electrons. The molecule has 146 valence electrons. The maximum Gasteiger partial charge on any atom is 0.147 e. The molecule has 4 atom stereocenters. The standard InChI is InChI=1S/C23H43NO/c1-4-5-6-7-10-14-17-21-20-16-13-11-8-9-12-15-18-22(20)24(3)23(21)19(2)25/h20-23H,4-18H2,1-3H3. The van der Waals surface area contributed by atoms with Crippen molar-refractivity contribution in [2.75, 3.05) is 7.05 Å². The Bertz CT molecular complexity index is 380. The van der Waals surface area contributed by atoms with E-state index in [-0.39, 0.29) is 6.04 Å². The van der Waals surface area contributed by atoms with Gasteiger partial charge >= 0.3 is 0 Å². The Kier molecular flexibility index (Phi) is 9.52. The summed E-state index contributed by atoms with van der Waals surface area (Å²) in [5.41, 5.74) is 0. The second-order valence-corrected chi connectivity index (χ2v) is 8.87. The lowest BCUT2D eigenvalue weighted by molar-refractivity contribution is -0.122. The fourth-order valence-corrected chi connectivity index (χ4v) is 5.72. The molecular formula is C23H43NO. The zero-order chi connectivity index (χ0) is 18.1. The van der Waals surface area contributed by atoms with E-state index >= 15 is 0 Å². The molecule has 4 unspecified atom stereocenters. The van der Waals surface area contributed by atoms with Gasteiger partial charge in [-0.05, 0) is 45.1 Å². The number of Topliss-reactive ketones (excluding diaryl/α,β-unsaturated/α-hetero) is 1. The summed E-state index contributed by atoms with van der Waals surface area (Å²) in [7, 11) is 2.25. The van der Waals surface area contributed by atoms with E-state index in [2.05, 4.69) is 18.9 Å². The van der Waals surface area contributed by atoms with Crippen molar-refractivity contribution in [3.63, 3.8) is 0 Å². The van der Waals surface area contributed by atoms with E-state index in [0.29, 0.717) is 17.7 Å². The van der Waals surface area contributed by atoms with Crippen LogP contribution in [0.25, 0.3) is 0 Å². The van der Waals surface area contributed by atoms with Gasteiger partial charge in [0, 0.05) is 6.04 Å². The number of hydrogen-bond acceptors (Lipinski definition) is 2. The molecule has 2 rings (SSSR count). The minimum atomic E-state index is 0.200. The van der Waals surface area contributed by atoms with Crippen LogP contribution >= 0.6 is 0 Å². The average Bonchev–Trinajstić information content (AvgIpc) is 2.86. The highest BCUT2D eigenvalue weighted by Crippen LogP contribution is 2.43. The normalized spacial score (nSPS) is 31.6. The van der Waals surface area contributed by atoms with Crippen molar-refractivity contribution in [2.45, 2.75) is 122 Å². The average molecular weight is 350 g/mol. The molecule has 0 spiro atoms. The number of likely N-dealkylation sites (tertiary alicyclic amines) is 1. The lowest BCUT2D eigenvalue weighted by atomic mass is 9.78. The summed E-state index contributed by atoms with van der Waals surface area (Å²) in [5.74, 6) is 1.81. The van der Waals surface area contributed by atoms with Gasteiger partial charge in [0.25, 0.3) is 0 Å². The van der Waals surface area contributed by atoms with Crippen LogP contribution in [0.15, 0.2) is 0 Å². The molecule has 0 N–H and O–H groups in total. The summed E-state index contributed by atoms with van der Waals surface area (Å²) in [4.78, 5) is 14.9. The van der Waals surface area contributed by atoms with E-state index in [1.807, 2.05) is 6.92 Å². The molecule has 0 aromatic carbocycles. The number of likely N-dealkylation sites (N-methyl/N-ethyl adjacent to an activating group) is 1. The predicted molar refractivity (Wildman–Crippen MR) is 108 cm³/mol. The molecule has 1 heterocycles. The highest BCUT2D eigenvalue weighted by Gasteiger charge is 2.47. The number of ketones is 1. The van der Waals surface area contributed by atoms with Crippen molar-refractivity contribution < 1.29 is 4.79 Å². The van der Waals surface area contributed by atoms with Gasteiger partial charge in [-0.2, -0.15) is 0 Å². The van der Waals surface area contributed by atoms with Crippen molar-refractivity contribution in [2.24, 2.45) is 11.8 Å². The van der Waals surface area contributed by atoms with E-state index in [1.54, 1.807) is 0 Å². The maximum atomic E-state index is 12.5. The molecule has 0 aromatic heterocycles. The lowest BCUT2D eigenvalue weighted by Gasteiger charge is -2.27. The molecule has 1 aliphatic heterocycles. The van der Waals surface area contributed by atoms with Crippen LogP contribution in [-0.4, -0.2) is 29.8 Å². The first kappa shape index (κ1) is 20.9. The van der Waals surface area contributed by atoms with Crippen LogP contribution in [0.4, 0.5) is 0 Å². The molecule has 2 heteroatoms. The second-order valence-electron chi connectivity index (χ2n) is 8.87. The summed E-state index contributed by atoms with van der Waals surface area (Å²) < 4.78 is 0. The van der Waals surface area contributed by atoms with Crippen LogP contribution in [0.3, 0.4) is 0 Å². The molecule has 1 saturated carbocycles. The first-order chi connectivity index (χ1) is 12.2. The third-order valence-electron chi connectivity index (χ3n) is 7.01. The molecule has 2 aliphatic rings. The van der Waals surface area contributed by atoms with E-state index < -0.39 is 0 Å². The third-order valence-corrected chi connectivity index (χ3v) is 7.01. The van der Waals surface area contributed by atoms with Crippen LogP contribution in [0.5, 0.6) is 0 Å².